The first-order chi connectivity index (χ1) is 20.1. The van der Waals surface area contributed by atoms with Crippen LogP contribution < -0.4 is 9.62 Å². The maximum absolute atomic E-state index is 14.0. The first-order valence-corrected chi connectivity index (χ1v) is 15.6. The Kier molecular flexibility index (Phi) is 7.63. The van der Waals surface area contributed by atoms with E-state index in [9.17, 15) is 22.0 Å². The number of nitrogens with one attached hydrogen (secondary N) is 1. The second kappa shape index (κ2) is 11.2. The minimum Gasteiger partial charge on any atom is -0.337 e. The lowest BCUT2D eigenvalue weighted by Gasteiger charge is -2.29. The summed E-state index contributed by atoms with van der Waals surface area (Å²) in [5.41, 5.74) is 3.35. The van der Waals surface area contributed by atoms with Gasteiger partial charge in [0.15, 0.2) is 0 Å². The molecular weight excluding hydrogens is 582 g/mol. The van der Waals surface area contributed by atoms with E-state index in [-0.39, 0.29) is 40.0 Å². The number of carbonyl (C=O) groups excluding carboxylic acids is 1. The van der Waals surface area contributed by atoms with Gasteiger partial charge in [0, 0.05) is 37.1 Å². The van der Waals surface area contributed by atoms with Gasteiger partial charge in [-0.1, -0.05) is 29.8 Å². The molecule has 218 valence electrons. The van der Waals surface area contributed by atoms with Crippen molar-refractivity contribution in [3.05, 3.63) is 112 Å². The lowest BCUT2D eigenvalue weighted by Crippen LogP contribution is -2.34. The highest BCUT2D eigenvalue weighted by Gasteiger charge is 2.46. The number of hydrogen-bond donors (Lipinski definition) is 1. The largest absolute Gasteiger partial charge is 0.337 e. The summed E-state index contributed by atoms with van der Waals surface area (Å²) in [6, 6.07) is 14.8. The molecule has 0 unspecified atom stereocenters. The fraction of sp³-hybridized carbons (Fsp3) is 0.290. The van der Waals surface area contributed by atoms with Crippen LogP contribution in [0.15, 0.2) is 78.0 Å². The van der Waals surface area contributed by atoms with E-state index >= 15 is 0 Å². The number of sulfonamides is 1. The van der Waals surface area contributed by atoms with E-state index in [0.29, 0.717) is 24.4 Å². The van der Waals surface area contributed by atoms with Crippen LogP contribution in [0, 0.1) is 17.6 Å². The third-order valence-corrected chi connectivity index (χ3v) is 9.91. The minimum atomic E-state index is -4.00. The van der Waals surface area contributed by atoms with Crippen LogP contribution in [0.5, 0.6) is 0 Å². The van der Waals surface area contributed by atoms with E-state index < -0.39 is 21.9 Å². The number of anilines is 1. The van der Waals surface area contributed by atoms with Gasteiger partial charge >= 0.3 is 0 Å². The molecule has 1 aromatic heterocycles. The summed E-state index contributed by atoms with van der Waals surface area (Å²) in [6.07, 6.45) is 6.27. The van der Waals surface area contributed by atoms with E-state index in [1.54, 1.807) is 23.2 Å². The number of halogens is 3. The Morgan fingerprint density at radius 1 is 1.12 bits per heavy atom. The summed E-state index contributed by atoms with van der Waals surface area (Å²) in [6.45, 7) is 0.234. The van der Waals surface area contributed by atoms with E-state index in [1.165, 1.54) is 18.2 Å². The molecule has 0 aliphatic heterocycles. The van der Waals surface area contributed by atoms with Crippen LogP contribution in [0.3, 0.4) is 0 Å². The first-order valence-electron chi connectivity index (χ1n) is 13.7. The van der Waals surface area contributed by atoms with Crippen molar-refractivity contribution >= 4 is 33.2 Å². The molecule has 7 nitrogen and oxygen atoms in total. The van der Waals surface area contributed by atoms with Gasteiger partial charge < -0.3 is 9.47 Å². The summed E-state index contributed by atoms with van der Waals surface area (Å²) in [5.74, 6) is -0.642. The maximum atomic E-state index is 14.0. The molecule has 1 amide bonds. The second-order valence-corrected chi connectivity index (χ2v) is 13.0. The molecule has 0 spiro atoms. The summed E-state index contributed by atoms with van der Waals surface area (Å²) in [5, 5.41) is -0.272. The lowest BCUT2D eigenvalue weighted by atomic mass is 9.87. The average Bonchev–Trinajstić information content (AvgIpc) is 3.67. The number of hydrogen-bond acceptors (Lipinski definition) is 4. The fourth-order valence-electron chi connectivity index (χ4n) is 5.71. The highest BCUT2D eigenvalue weighted by Crippen LogP contribution is 2.49. The van der Waals surface area contributed by atoms with Crippen LogP contribution >= 0.6 is 11.6 Å². The van der Waals surface area contributed by atoms with Gasteiger partial charge in [-0.3, -0.25) is 4.79 Å². The Labute approximate surface area is 248 Å². The molecule has 1 heterocycles. The molecule has 11 heteroatoms. The number of nitrogens with zero attached hydrogens (tertiary/aromatic N) is 3. The third kappa shape index (κ3) is 5.71. The van der Waals surface area contributed by atoms with Crippen molar-refractivity contribution in [1.82, 2.24) is 14.3 Å². The molecule has 6 rings (SSSR count). The summed E-state index contributed by atoms with van der Waals surface area (Å²) >= 11 is 5.86. The topological polar surface area (TPSA) is 84.3 Å². The normalized spacial score (nSPS) is 19.8. The molecule has 1 saturated carbocycles. The molecule has 2 aliphatic carbocycles. The van der Waals surface area contributed by atoms with Gasteiger partial charge in [-0.05, 0) is 90.8 Å². The predicted molar refractivity (Wildman–Crippen MR) is 155 cm³/mol. The van der Waals surface area contributed by atoms with E-state index in [1.807, 2.05) is 36.0 Å². The van der Waals surface area contributed by atoms with Crippen molar-refractivity contribution in [2.24, 2.45) is 13.0 Å². The van der Waals surface area contributed by atoms with Gasteiger partial charge in [0.1, 0.15) is 17.5 Å². The molecule has 1 N–H and O–H groups in total. The number of amides is 1. The van der Waals surface area contributed by atoms with Crippen molar-refractivity contribution < 1.29 is 22.0 Å². The zero-order valence-corrected chi connectivity index (χ0v) is 24.4. The van der Waals surface area contributed by atoms with Crippen molar-refractivity contribution in [2.45, 2.75) is 49.1 Å². The van der Waals surface area contributed by atoms with Gasteiger partial charge in [-0.2, -0.15) is 0 Å². The zero-order chi connectivity index (χ0) is 29.6. The second-order valence-electron chi connectivity index (χ2n) is 10.9. The highest BCUT2D eigenvalue weighted by atomic mass is 35.5. The maximum Gasteiger partial charge on any atom is 0.241 e. The smallest absolute Gasteiger partial charge is 0.241 e. The van der Waals surface area contributed by atoms with E-state index in [2.05, 4.69) is 9.71 Å². The van der Waals surface area contributed by atoms with Crippen molar-refractivity contribution in [1.29, 1.82) is 0 Å². The fourth-order valence-corrected chi connectivity index (χ4v) is 7.23. The van der Waals surface area contributed by atoms with Gasteiger partial charge in [0.05, 0.1) is 16.5 Å². The molecule has 42 heavy (non-hydrogen) atoms. The summed E-state index contributed by atoms with van der Waals surface area (Å²) in [4.78, 5) is 20.0. The number of fused-ring (bicyclic) bond motifs is 1. The number of carbonyl (C=O) groups is 1. The number of aryl methyl sites for hydroxylation is 2. The third-order valence-electron chi connectivity index (χ3n) is 8.15. The average molecular weight is 611 g/mol. The minimum absolute atomic E-state index is 0.00156. The van der Waals surface area contributed by atoms with Gasteiger partial charge in [0.2, 0.25) is 15.9 Å². The molecule has 1 fully saturated rings. The van der Waals surface area contributed by atoms with Gasteiger partial charge in [-0.15, -0.1) is 0 Å². The predicted octanol–water partition coefficient (Wildman–Crippen LogP) is 6.04. The molecule has 4 aromatic rings. The number of aromatic nitrogens is 2. The van der Waals surface area contributed by atoms with Crippen LogP contribution in [0.25, 0.3) is 0 Å². The Morgan fingerprint density at radius 3 is 2.62 bits per heavy atom. The summed E-state index contributed by atoms with van der Waals surface area (Å²) in [7, 11) is -2.14. The van der Waals surface area contributed by atoms with Crippen LogP contribution in [0.4, 0.5) is 14.5 Å². The molecule has 2 aliphatic rings. The van der Waals surface area contributed by atoms with Crippen LogP contribution in [0.2, 0.25) is 5.02 Å². The van der Waals surface area contributed by atoms with Crippen molar-refractivity contribution in [3.8, 4) is 0 Å². The molecule has 0 bridgehead atoms. The molecule has 3 atom stereocenters. The molecular formula is C31H29ClF2N4O3S. The quantitative estimate of drug-likeness (QED) is 0.263. The van der Waals surface area contributed by atoms with Gasteiger partial charge in [0.25, 0.3) is 0 Å². The van der Waals surface area contributed by atoms with Gasteiger partial charge in [-0.25, -0.2) is 26.9 Å². The lowest BCUT2D eigenvalue weighted by molar-refractivity contribution is -0.120. The van der Waals surface area contributed by atoms with Crippen molar-refractivity contribution in [2.75, 3.05) is 4.90 Å². The van der Waals surface area contributed by atoms with Crippen LogP contribution in [0.1, 0.15) is 53.7 Å². The monoisotopic (exact) mass is 610 g/mol. The summed E-state index contributed by atoms with van der Waals surface area (Å²) < 4.78 is 58.3. The standard InChI is InChI=1S/C31H29ClF2N4O3S/c1-37-14-13-35-30(37)18-38(31(39)26-17-24(26)20-5-8-21(33)9-6-20)22-10-7-19-3-2-4-29(25(19)15-22)36-42(40,41)23-11-12-28(34)27(32)16-23/h5-16,24,26,29,36H,2-4,17-18H2,1H3/t24-,26-,29-/m0/s1. The molecule has 3 aromatic carbocycles. The molecule has 0 saturated heterocycles. The highest BCUT2D eigenvalue weighted by molar-refractivity contribution is 7.89. The number of benzene rings is 3. The zero-order valence-electron chi connectivity index (χ0n) is 22.8. The molecule has 0 radical (unpaired) electrons. The van der Waals surface area contributed by atoms with Crippen LogP contribution in [-0.4, -0.2) is 23.9 Å². The number of imidazole rings is 1. The SMILES string of the molecule is Cn1ccnc1CN(C(=O)[C@H]1C[C@H]1c1ccc(F)cc1)c1ccc2c(c1)[C@@H](NS(=O)(=O)c1ccc(F)c(Cl)c1)CCC2. The number of rotatable bonds is 8. The Balaban J connectivity index is 1.31. The Hall–Kier alpha value is -3.60. The first kappa shape index (κ1) is 28.5. The Morgan fingerprint density at radius 2 is 1.90 bits per heavy atom. The van der Waals surface area contributed by atoms with Crippen LogP contribution in [-0.2, 0) is 34.8 Å². The Bertz CT molecular complexity index is 1760. The van der Waals surface area contributed by atoms with Crippen molar-refractivity contribution in [3.63, 3.8) is 0 Å². The van der Waals surface area contributed by atoms with E-state index in [0.717, 1.165) is 41.7 Å². The van der Waals surface area contributed by atoms with E-state index in [4.69, 9.17) is 11.6 Å².